The highest BCUT2D eigenvalue weighted by Crippen LogP contribution is 2.27. The smallest absolute Gasteiger partial charge is 0.0625 e. The number of hydrogen-bond acceptors (Lipinski definition) is 0. The Balaban J connectivity index is 2.14. The Morgan fingerprint density at radius 1 is 0.941 bits per heavy atom. The molecule has 2 aromatic rings. The zero-order valence-corrected chi connectivity index (χ0v) is 13.0. The topological polar surface area (TPSA) is 0 Å². The highest BCUT2D eigenvalue weighted by Gasteiger charge is 2.09. The van der Waals surface area contributed by atoms with Gasteiger partial charge in [-0.05, 0) is 41.8 Å². The van der Waals surface area contributed by atoms with Gasteiger partial charge in [0.05, 0.1) is 5.38 Å². The van der Waals surface area contributed by atoms with Crippen LogP contribution in [0.5, 0.6) is 0 Å². The van der Waals surface area contributed by atoms with Gasteiger partial charge in [0.1, 0.15) is 0 Å². The molecule has 0 heterocycles. The molecule has 0 amide bonds. The number of halogens is 3. The molecule has 0 radical (unpaired) electrons. The summed E-state index contributed by atoms with van der Waals surface area (Å²) in [7, 11) is 0. The Morgan fingerprint density at radius 3 is 2.24 bits per heavy atom. The standard InChI is InChI=1S/C14H11Br2Cl/c15-12-5-1-3-10(7-12)8-14(17)11-4-2-6-13(16)9-11/h1-7,9,14H,8H2. The van der Waals surface area contributed by atoms with Gasteiger partial charge in [0.15, 0.2) is 0 Å². The van der Waals surface area contributed by atoms with Crippen LogP contribution < -0.4 is 0 Å². The van der Waals surface area contributed by atoms with Gasteiger partial charge in [-0.15, -0.1) is 11.6 Å². The molecule has 3 heteroatoms. The Hall–Kier alpha value is -0.310. The lowest BCUT2D eigenvalue weighted by atomic mass is 10.0. The van der Waals surface area contributed by atoms with Crippen molar-refractivity contribution in [2.75, 3.05) is 0 Å². The maximum atomic E-state index is 6.43. The number of benzene rings is 2. The lowest BCUT2D eigenvalue weighted by Crippen LogP contribution is -1.95. The lowest BCUT2D eigenvalue weighted by molar-refractivity contribution is 0.918. The van der Waals surface area contributed by atoms with Crippen molar-refractivity contribution in [2.24, 2.45) is 0 Å². The van der Waals surface area contributed by atoms with Gasteiger partial charge in [-0.1, -0.05) is 56.1 Å². The predicted molar refractivity (Wildman–Crippen MR) is 80.6 cm³/mol. The first-order valence-electron chi connectivity index (χ1n) is 5.29. The van der Waals surface area contributed by atoms with Crippen LogP contribution in [0.4, 0.5) is 0 Å². The van der Waals surface area contributed by atoms with Crippen LogP contribution in [-0.4, -0.2) is 0 Å². The van der Waals surface area contributed by atoms with Gasteiger partial charge in [0, 0.05) is 8.95 Å². The molecular formula is C14H11Br2Cl. The molecule has 1 atom stereocenters. The van der Waals surface area contributed by atoms with E-state index in [1.807, 2.05) is 24.3 Å². The zero-order chi connectivity index (χ0) is 12.3. The van der Waals surface area contributed by atoms with Crippen molar-refractivity contribution < 1.29 is 0 Å². The summed E-state index contributed by atoms with van der Waals surface area (Å²) < 4.78 is 2.16. The van der Waals surface area contributed by atoms with Crippen molar-refractivity contribution in [3.05, 3.63) is 68.6 Å². The largest absolute Gasteiger partial charge is 0.117 e. The highest BCUT2D eigenvalue weighted by molar-refractivity contribution is 9.10. The summed E-state index contributed by atoms with van der Waals surface area (Å²) in [6, 6.07) is 16.4. The summed E-state index contributed by atoms with van der Waals surface area (Å²) in [5.74, 6) is 0. The van der Waals surface area contributed by atoms with Crippen LogP contribution in [0.1, 0.15) is 16.5 Å². The number of rotatable bonds is 3. The summed E-state index contributed by atoms with van der Waals surface area (Å²) in [5.41, 5.74) is 2.38. The number of hydrogen-bond donors (Lipinski definition) is 0. The molecule has 0 bridgehead atoms. The average molecular weight is 375 g/mol. The molecule has 2 rings (SSSR count). The molecule has 0 aliphatic carbocycles. The van der Waals surface area contributed by atoms with E-state index < -0.39 is 0 Å². The van der Waals surface area contributed by atoms with Crippen LogP contribution in [0.3, 0.4) is 0 Å². The number of alkyl halides is 1. The van der Waals surface area contributed by atoms with E-state index in [4.69, 9.17) is 11.6 Å². The molecule has 0 aliphatic rings. The van der Waals surface area contributed by atoms with Gasteiger partial charge in [0.25, 0.3) is 0 Å². The van der Waals surface area contributed by atoms with Crippen LogP contribution >= 0.6 is 43.5 Å². The first kappa shape index (κ1) is 13.1. The first-order chi connectivity index (χ1) is 8.15. The summed E-state index contributed by atoms with van der Waals surface area (Å²) in [5, 5.41) is 0.00167. The van der Waals surface area contributed by atoms with Crippen LogP contribution in [0.2, 0.25) is 0 Å². The molecule has 88 valence electrons. The van der Waals surface area contributed by atoms with Gasteiger partial charge in [0.2, 0.25) is 0 Å². The van der Waals surface area contributed by atoms with Gasteiger partial charge in [-0.25, -0.2) is 0 Å². The minimum absolute atomic E-state index is 0.00167. The van der Waals surface area contributed by atoms with Gasteiger partial charge in [-0.2, -0.15) is 0 Å². The maximum absolute atomic E-state index is 6.43. The van der Waals surface area contributed by atoms with Crippen LogP contribution in [-0.2, 0) is 6.42 Å². The molecule has 0 aliphatic heterocycles. The monoisotopic (exact) mass is 372 g/mol. The van der Waals surface area contributed by atoms with Gasteiger partial charge >= 0.3 is 0 Å². The first-order valence-corrected chi connectivity index (χ1v) is 7.31. The maximum Gasteiger partial charge on any atom is 0.0625 e. The van der Waals surface area contributed by atoms with Gasteiger partial charge < -0.3 is 0 Å². The fourth-order valence-corrected chi connectivity index (χ4v) is 2.87. The Kier molecular flexibility index (Phi) is 4.66. The van der Waals surface area contributed by atoms with E-state index in [9.17, 15) is 0 Å². The van der Waals surface area contributed by atoms with Crippen molar-refractivity contribution in [3.63, 3.8) is 0 Å². The summed E-state index contributed by atoms with van der Waals surface area (Å²) in [4.78, 5) is 0. The molecular weight excluding hydrogens is 363 g/mol. The van der Waals surface area contributed by atoms with E-state index in [1.165, 1.54) is 5.56 Å². The molecule has 0 spiro atoms. The van der Waals surface area contributed by atoms with Crippen LogP contribution in [0.25, 0.3) is 0 Å². The summed E-state index contributed by atoms with van der Waals surface area (Å²) in [6.45, 7) is 0. The molecule has 0 N–H and O–H groups in total. The van der Waals surface area contributed by atoms with Crippen molar-refractivity contribution in [1.29, 1.82) is 0 Å². The van der Waals surface area contributed by atoms with Crippen molar-refractivity contribution in [3.8, 4) is 0 Å². The van der Waals surface area contributed by atoms with Crippen LogP contribution in [0.15, 0.2) is 57.5 Å². The van der Waals surface area contributed by atoms with Gasteiger partial charge in [-0.3, -0.25) is 0 Å². The van der Waals surface area contributed by atoms with E-state index in [2.05, 4.69) is 56.1 Å². The molecule has 17 heavy (non-hydrogen) atoms. The minimum atomic E-state index is 0.00167. The summed E-state index contributed by atoms with van der Waals surface area (Å²) >= 11 is 13.4. The molecule has 2 aromatic carbocycles. The molecule has 0 fully saturated rings. The van der Waals surface area contributed by atoms with E-state index in [-0.39, 0.29) is 5.38 Å². The second-order valence-electron chi connectivity index (χ2n) is 3.86. The zero-order valence-electron chi connectivity index (χ0n) is 9.04. The fraction of sp³-hybridized carbons (Fsp3) is 0.143. The van der Waals surface area contributed by atoms with E-state index in [0.717, 1.165) is 20.9 Å². The van der Waals surface area contributed by atoms with E-state index in [1.54, 1.807) is 0 Å². The Morgan fingerprint density at radius 2 is 1.59 bits per heavy atom. The SMILES string of the molecule is ClC(Cc1cccc(Br)c1)c1cccc(Br)c1. The minimum Gasteiger partial charge on any atom is -0.117 e. The highest BCUT2D eigenvalue weighted by atomic mass is 79.9. The third-order valence-electron chi connectivity index (χ3n) is 2.51. The third-order valence-corrected chi connectivity index (χ3v) is 3.91. The van der Waals surface area contributed by atoms with Crippen molar-refractivity contribution >= 4 is 43.5 Å². The predicted octanol–water partition coefficient (Wildman–Crippen LogP) is 5.73. The average Bonchev–Trinajstić information content (AvgIpc) is 2.29. The Labute approximate surface area is 123 Å². The van der Waals surface area contributed by atoms with Crippen molar-refractivity contribution in [2.45, 2.75) is 11.8 Å². The third kappa shape index (κ3) is 3.84. The second kappa shape index (κ2) is 6.03. The summed E-state index contributed by atoms with van der Waals surface area (Å²) in [6.07, 6.45) is 0.831. The van der Waals surface area contributed by atoms with Crippen molar-refractivity contribution in [1.82, 2.24) is 0 Å². The Bertz CT molecular complexity index is 511. The van der Waals surface area contributed by atoms with E-state index >= 15 is 0 Å². The molecule has 0 nitrogen and oxygen atoms in total. The lowest BCUT2D eigenvalue weighted by Gasteiger charge is -2.10. The second-order valence-corrected chi connectivity index (χ2v) is 6.21. The molecule has 0 aromatic heterocycles. The molecule has 0 saturated heterocycles. The van der Waals surface area contributed by atoms with Crippen LogP contribution in [0, 0.1) is 0 Å². The normalized spacial score (nSPS) is 12.4. The molecule has 1 unspecified atom stereocenters. The fourth-order valence-electron chi connectivity index (χ4n) is 1.69. The van der Waals surface area contributed by atoms with E-state index in [0.29, 0.717) is 0 Å². The molecule has 0 saturated carbocycles. The quantitative estimate of drug-likeness (QED) is 0.602.